The molecule has 24 heavy (non-hydrogen) atoms. The predicted octanol–water partition coefficient (Wildman–Crippen LogP) is 3.89. The Morgan fingerprint density at radius 2 is 1.96 bits per heavy atom. The fraction of sp³-hybridized carbons (Fsp3) is 0.222. The molecule has 0 bridgehead atoms. The van der Waals surface area contributed by atoms with Crippen molar-refractivity contribution >= 4 is 34.3 Å². The van der Waals surface area contributed by atoms with Crippen molar-refractivity contribution < 1.29 is 9.21 Å². The summed E-state index contributed by atoms with van der Waals surface area (Å²) in [4.78, 5) is 24.1. The third-order valence-electron chi connectivity index (χ3n) is 3.98. The molecule has 3 rings (SSSR count). The van der Waals surface area contributed by atoms with Crippen LogP contribution in [0.3, 0.4) is 0 Å². The van der Waals surface area contributed by atoms with Gasteiger partial charge in [-0.05, 0) is 49.2 Å². The molecule has 0 atom stereocenters. The van der Waals surface area contributed by atoms with Crippen LogP contribution >= 0.6 is 11.6 Å². The molecule has 0 saturated carbocycles. The van der Waals surface area contributed by atoms with Gasteiger partial charge in [-0.15, -0.1) is 0 Å². The molecule has 0 unspecified atom stereocenters. The molecule has 0 spiro atoms. The van der Waals surface area contributed by atoms with Gasteiger partial charge in [0.05, 0.1) is 5.52 Å². The number of fused-ring (bicyclic) bond motifs is 1. The molecule has 5 nitrogen and oxygen atoms in total. The van der Waals surface area contributed by atoms with E-state index in [1.54, 1.807) is 18.2 Å². The molecule has 6 heteroatoms. The SMILES string of the molecule is Cc1ccc(NC(=O)CCn2c(=O)oc3cc(Cl)ccc32)cc1C. The van der Waals surface area contributed by atoms with E-state index in [1.165, 1.54) is 10.1 Å². The molecule has 0 aliphatic rings. The molecule has 1 aromatic heterocycles. The lowest BCUT2D eigenvalue weighted by Crippen LogP contribution is -2.19. The molecule has 1 amide bonds. The van der Waals surface area contributed by atoms with Gasteiger partial charge in [0.15, 0.2) is 5.58 Å². The number of aryl methyl sites for hydroxylation is 3. The van der Waals surface area contributed by atoms with Crippen molar-refractivity contribution in [1.82, 2.24) is 4.57 Å². The molecule has 1 heterocycles. The van der Waals surface area contributed by atoms with Crippen molar-refractivity contribution in [1.29, 1.82) is 0 Å². The zero-order chi connectivity index (χ0) is 17.3. The van der Waals surface area contributed by atoms with Gasteiger partial charge in [-0.2, -0.15) is 0 Å². The summed E-state index contributed by atoms with van der Waals surface area (Å²) in [6, 6.07) is 10.7. The number of anilines is 1. The van der Waals surface area contributed by atoms with Crippen LogP contribution in [0.5, 0.6) is 0 Å². The van der Waals surface area contributed by atoms with Crippen molar-refractivity contribution in [2.75, 3.05) is 5.32 Å². The molecule has 0 aliphatic heterocycles. The van der Waals surface area contributed by atoms with Gasteiger partial charge in [-0.25, -0.2) is 4.79 Å². The quantitative estimate of drug-likeness (QED) is 0.780. The number of amides is 1. The number of carbonyl (C=O) groups excluding carboxylic acids is 1. The summed E-state index contributed by atoms with van der Waals surface area (Å²) in [5, 5.41) is 3.34. The van der Waals surface area contributed by atoms with Crippen LogP contribution in [-0.2, 0) is 11.3 Å². The molecule has 2 aromatic carbocycles. The van der Waals surface area contributed by atoms with E-state index in [4.69, 9.17) is 16.0 Å². The molecule has 0 fully saturated rings. The van der Waals surface area contributed by atoms with Gasteiger partial charge >= 0.3 is 5.76 Å². The first-order valence-electron chi connectivity index (χ1n) is 7.60. The molecular weight excluding hydrogens is 328 g/mol. The Morgan fingerprint density at radius 3 is 2.71 bits per heavy atom. The number of nitrogens with one attached hydrogen (secondary N) is 1. The van der Waals surface area contributed by atoms with Crippen LogP contribution in [0.25, 0.3) is 11.1 Å². The van der Waals surface area contributed by atoms with Crippen molar-refractivity contribution in [3.05, 3.63) is 63.1 Å². The average Bonchev–Trinajstić information content (AvgIpc) is 2.83. The highest BCUT2D eigenvalue weighted by Crippen LogP contribution is 2.19. The third-order valence-corrected chi connectivity index (χ3v) is 4.22. The number of hydrogen-bond acceptors (Lipinski definition) is 3. The Hall–Kier alpha value is -2.53. The molecule has 0 aliphatic carbocycles. The van der Waals surface area contributed by atoms with Crippen molar-refractivity contribution in [2.24, 2.45) is 0 Å². The fourth-order valence-corrected chi connectivity index (χ4v) is 2.67. The van der Waals surface area contributed by atoms with E-state index in [0.29, 0.717) is 16.1 Å². The van der Waals surface area contributed by atoms with Crippen LogP contribution in [0.2, 0.25) is 5.02 Å². The summed E-state index contributed by atoms with van der Waals surface area (Å²) in [6.07, 6.45) is 0.171. The molecule has 0 radical (unpaired) electrons. The number of benzene rings is 2. The minimum Gasteiger partial charge on any atom is -0.408 e. The van der Waals surface area contributed by atoms with Crippen molar-refractivity contribution in [2.45, 2.75) is 26.8 Å². The summed E-state index contributed by atoms with van der Waals surface area (Å²) in [5.41, 5.74) is 4.08. The topological polar surface area (TPSA) is 64.2 Å². The maximum atomic E-state index is 12.1. The largest absolute Gasteiger partial charge is 0.419 e. The van der Waals surface area contributed by atoms with Gasteiger partial charge < -0.3 is 9.73 Å². The second-order valence-electron chi connectivity index (χ2n) is 5.73. The molecule has 0 saturated heterocycles. The zero-order valence-electron chi connectivity index (χ0n) is 13.4. The van der Waals surface area contributed by atoms with E-state index in [2.05, 4.69) is 5.32 Å². The van der Waals surface area contributed by atoms with Crippen LogP contribution in [0.1, 0.15) is 17.5 Å². The van der Waals surface area contributed by atoms with Crippen molar-refractivity contribution in [3.8, 4) is 0 Å². The zero-order valence-corrected chi connectivity index (χ0v) is 14.2. The maximum absolute atomic E-state index is 12.1. The average molecular weight is 345 g/mol. The summed E-state index contributed by atoms with van der Waals surface area (Å²) < 4.78 is 6.59. The Kier molecular flexibility index (Phi) is 4.44. The standard InChI is InChI=1S/C18H17ClN2O3/c1-11-3-5-14(9-12(11)2)20-17(22)7-8-21-15-6-4-13(19)10-16(15)24-18(21)23/h3-6,9-10H,7-8H2,1-2H3,(H,20,22). The highest BCUT2D eigenvalue weighted by atomic mass is 35.5. The number of rotatable bonds is 4. The second-order valence-corrected chi connectivity index (χ2v) is 6.17. The number of hydrogen-bond donors (Lipinski definition) is 1. The van der Waals surface area contributed by atoms with Gasteiger partial charge in [0, 0.05) is 29.7 Å². The maximum Gasteiger partial charge on any atom is 0.419 e. The number of nitrogens with zero attached hydrogens (tertiary/aromatic N) is 1. The first-order valence-corrected chi connectivity index (χ1v) is 7.98. The number of halogens is 1. The molecule has 1 N–H and O–H groups in total. The fourth-order valence-electron chi connectivity index (χ4n) is 2.51. The lowest BCUT2D eigenvalue weighted by molar-refractivity contribution is -0.116. The minimum absolute atomic E-state index is 0.159. The van der Waals surface area contributed by atoms with E-state index >= 15 is 0 Å². The Bertz CT molecular complexity index is 972. The van der Waals surface area contributed by atoms with Crippen LogP contribution in [-0.4, -0.2) is 10.5 Å². The summed E-state index contributed by atoms with van der Waals surface area (Å²) in [6.45, 7) is 4.25. The Morgan fingerprint density at radius 1 is 1.17 bits per heavy atom. The lowest BCUT2D eigenvalue weighted by Gasteiger charge is -2.08. The van der Waals surface area contributed by atoms with Crippen LogP contribution in [0, 0.1) is 13.8 Å². The monoisotopic (exact) mass is 344 g/mol. The Labute approximate surface area is 143 Å². The highest BCUT2D eigenvalue weighted by molar-refractivity contribution is 6.31. The van der Waals surface area contributed by atoms with E-state index in [9.17, 15) is 9.59 Å². The molecule has 124 valence electrons. The minimum atomic E-state index is -0.494. The molecule has 3 aromatic rings. The van der Waals surface area contributed by atoms with Gasteiger partial charge in [0.1, 0.15) is 0 Å². The number of oxazole rings is 1. The number of carbonyl (C=O) groups is 1. The van der Waals surface area contributed by atoms with E-state index < -0.39 is 5.76 Å². The molecular formula is C18H17ClN2O3. The van der Waals surface area contributed by atoms with E-state index in [1.807, 2.05) is 32.0 Å². The van der Waals surface area contributed by atoms with Crippen LogP contribution in [0.15, 0.2) is 45.6 Å². The van der Waals surface area contributed by atoms with Crippen molar-refractivity contribution in [3.63, 3.8) is 0 Å². The first-order chi connectivity index (χ1) is 11.4. The van der Waals surface area contributed by atoms with E-state index in [-0.39, 0.29) is 18.9 Å². The predicted molar refractivity (Wildman–Crippen MR) is 94.6 cm³/mol. The second kappa shape index (κ2) is 6.53. The lowest BCUT2D eigenvalue weighted by atomic mass is 10.1. The van der Waals surface area contributed by atoms with Gasteiger partial charge in [0.25, 0.3) is 0 Å². The number of aromatic nitrogens is 1. The van der Waals surface area contributed by atoms with Crippen LogP contribution in [0.4, 0.5) is 5.69 Å². The first kappa shape index (κ1) is 16.3. The normalized spacial score (nSPS) is 11.0. The Balaban J connectivity index is 1.71. The van der Waals surface area contributed by atoms with Gasteiger partial charge in [0.2, 0.25) is 5.91 Å². The van der Waals surface area contributed by atoms with Crippen LogP contribution < -0.4 is 11.1 Å². The smallest absolute Gasteiger partial charge is 0.408 e. The van der Waals surface area contributed by atoms with Gasteiger partial charge in [-0.3, -0.25) is 9.36 Å². The highest BCUT2D eigenvalue weighted by Gasteiger charge is 2.11. The summed E-state index contributed by atoms with van der Waals surface area (Å²) in [7, 11) is 0. The third kappa shape index (κ3) is 3.36. The summed E-state index contributed by atoms with van der Waals surface area (Å²) >= 11 is 5.89. The van der Waals surface area contributed by atoms with E-state index in [0.717, 1.165) is 11.3 Å². The van der Waals surface area contributed by atoms with Gasteiger partial charge in [-0.1, -0.05) is 17.7 Å². The summed E-state index contributed by atoms with van der Waals surface area (Å²) in [5.74, 6) is -0.653.